The van der Waals surface area contributed by atoms with E-state index in [1.807, 2.05) is 19.2 Å². The van der Waals surface area contributed by atoms with Gasteiger partial charge in [0.05, 0.1) is 6.04 Å². The SMILES string of the molecule is CNC(c1ccc(C)c(F)c1)c1cc(C)ccc1C. The summed E-state index contributed by atoms with van der Waals surface area (Å²) in [6.45, 7) is 5.94. The molecular weight excluding hydrogens is 237 g/mol. The van der Waals surface area contributed by atoms with Crippen LogP contribution in [0.4, 0.5) is 4.39 Å². The third-order valence-electron chi connectivity index (χ3n) is 3.56. The van der Waals surface area contributed by atoms with E-state index in [2.05, 4.69) is 37.4 Å². The predicted molar refractivity (Wildman–Crippen MR) is 78.0 cm³/mol. The molecule has 0 saturated heterocycles. The third kappa shape index (κ3) is 2.85. The standard InChI is InChI=1S/C17H20FN/c1-11-5-6-12(2)15(9-11)17(19-4)14-8-7-13(3)16(18)10-14/h5-10,17,19H,1-4H3. The van der Waals surface area contributed by atoms with Gasteiger partial charge in [0.25, 0.3) is 0 Å². The van der Waals surface area contributed by atoms with E-state index in [0.717, 1.165) is 5.56 Å². The summed E-state index contributed by atoms with van der Waals surface area (Å²) in [5.74, 6) is -0.150. The van der Waals surface area contributed by atoms with Gasteiger partial charge in [-0.05, 0) is 56.1 Å². The maximum absolute atomic E-state index is 13.7. The van der Waals surface area contributed by atoms with Gasteiger partial charge in [-0.25, -0.2) is 4.39 Å². The monoisotopic (exact) mass is 257 g/mol. The van der Waals surface area contributed by atoms with Crippen molar-refractivity contribution in [2.24, 2.45) is 0 Å². The van der Waals surface area contributed by atoms with Gasteiger partial charge in [0, 0.05) is 0 Å². The van der Waals surface area contributed by atoms with Gasteiger partial charge in [-0.3, -0.25) is 0 Å². The summed E-state index contributed by atoms with van der Waals surface area (Å²) in [6, 6.07) is 11.8. The van der Waals surface area contributed by atoms with Crippen LogP contribution in [0.15, 0.2) is 36.4 Å². The van der Waals surface area contributed by atoms with Crippen LogP contribution in [-0.2, 0) is 0 Å². The summed E-state index contributed by atoms with van der Waals surface area (Å²) in [4.78, 5) is 0. The number of benzene rings is 2. The highest BCUT2D eigenvalue weighted by atomic mass is 19.1. The quantitative estimate of drug-likeness (QED) is 0.874. The first-order chi connectivity index (χ1) is 9.02. The number of hydrogen-bond donors (Lipinski definition) is 1. The fourth-order valence-corrected chi connectivity index (χ4v) is 2.36. The van der Waals surface area contributed by atoms with E-state index < -0.39 is 0 Å². The van der Waals surface area contributed by atoms with Crippen molar-refractivity contribution in [3.8, 4) is 0 Å². The molecular formula is C17H20FN. The van der Waals surface area contributed by atoms with Crippen molar-refractivity contribution < 1.29 is 4.39 Å². The molecule has 0 bridgehead atoms. The smallest absolute Gasteiger partial charge is 0.126 e. The first-order valence-electron chi connectivity index (χ1n) is 6.53. The highest BCUT2D eigenvalue weighted by Crippen LogP contribution is 2.26. The predicted octanol–water partition coefficient (Wildman–Crippen LogP) is 4.06. The van der Waals surface area contributed by atoms with Crippen molar-refractivity contribution in [2.75, 3.05) is 7.05 Å². The molecule has 0 saturated carbocycles. The number of hydrogen-bond acceptors (Lipinski definition) is 1. The van der Waals surface area contributed by atoms with Gasteiger partial charge in [-0.15, -0.1) is 0 Å². The summed E-state index contributed by atoms with van der Waals surface area (Å²) in [7, 11) is 1.91. The summed E-state index contributed by atoms with van der Waals surface area (Å²) >= 11 is 0. The van der Waals surface area contributed by atoms with E-state index in [1.165, 1.54) is 16.7 Å². The lowest BCUT2D eigenvalue weighted by Gasteiger charge is -2.20. The lowest BCUT2D eigenvalue weighted by atomic mass is 9.93. The molecule has 100 valence electrons. The minimum absolute atomic E-state index is 0.0231. The fraction of sp³-hybridized carbons (Fsp3) is 0.294. The zero-order chi connectivity index (χ0) is 14.0. The molecule has 2 aromatic rings. The normalized spacial score (nSPS) is 12.5. The Hall–Kier alpha value is -1.67. The Morgan fingerprint density at radius 1 is 0.947 bits per heavy atom. The van der Waals surface area contributed by atoms with Gasteiger partial charge >= 0.3 is 0 Å². The zero-order valence-electron chi connectivity index (χ0n) is 11.9. The molecule has 1 nitrogen and oxygen atoms in total. The van der Waals surface area contributed by atoms with Gasteiger partial charge in [-0.2, -0.15) is 0 Å². The Balaban J connectivity index is 2.49. The van der Waals surface area contributed by atoms with Gasteiger partial charge in [0.2, 0.25) is 0 Å². The molecule has 0 aromatic heterocycles. The topological polar surface area (TPSA) is 12.0 Å². The van der Waals surface area contributed by atoms with Crippen molar-refractivity contribution in [3.05, 3.63) is 70.0 Å². The maximum Gasteiger partial charge on any atom is 0.126 e. The van der Waals surface area contributed by atoms with Crippen molar-refractivity contribution in [3.63, 3.8) is 0 Å². The number of halogens is 1. The van der Waals surface area contributed by atoms with Crippen molar-refractivity contribution in [2.45, 2.75) is 26.8 Å². The van der Waals surface area contributed by atoms with E-state index in [4.69, 9.17) is 0 Å². The van der Waals surface area contributed by atoms with E-state index in [0.29, 0.717) is 5.56 Å². The molecule has 1 unspecified atom stereocenters. The van der Waals surface area contributed by atoms with E-state index in [9.17, 15) is 4.39 Å². The molecule has 0 fully saturated rings. The molecule has 19 heavy (non-hydrogen) atoms. The Kier molecular flexibility index (Phi) is 4.01. The lowest BCUT2D eigenvalue weighted by molar-refractivity contribution is 0.608. The van der Waals surface area contributed by atoms with E-state index in [1.54, 1.807) is 13.0 Å². The zero-order valence-corrected chi connectivity index (χ0v) is 11.9. The Morgan fingerprint density at radius 3 is 2.26 bits per heavy atom. The highest BCUT2D eigenvalue weighted by molar-refractivity contribution is 5.40. The molecule has 0 amide bonds. The van der Waals surface area contributed by atoms with Crippen LogP contribution in [0.3, 0.4) is 0 Å². The second-order valence-corrected chi connectivity index (χ2v) is 5.09. The first-order valence-corrected chi connectivity index (χ1v) is 6.53. The average Bonchev–Trinajstić information content (AvgIpc) is 2.38. The molecule has 0 aliphatic rings. The van der Waals surface area contributed by atoms with Crippen LogP contribution in [0.2, 0.25) is 0 Å². The summed E-state index contributed by atoms with van der Waals surface area (Å²) in [6.07, 6.45) is 0. The fourth-order valence-electron chi connectivity index (χ4n) is 2.36. The highest BCUT2D eigenvalue weighted by Gasteiger charge is 2.15. The first kappa shape index (κ1) is 13.8. The third-order valence-corrected chi connectivity index (χ3v) is 3.56. The summed E-state index contributed by atoms with van der Waals surface area (Å²) in [5, 5.41) is 3.28. The molecule has 0 heterocycles. The van der Waals surface area contributed by atoms with E-state index in [-0.39, 0.29) is 11.9 Å². The van der Waals surface area contributed by atoms with E-state index >= 15 is 0 Å². The van der Waals surface area contributed by atoms with Crippen LogP contribution in [0.25, 0.3) is 0 Å². The molecule has 2 aromatic carbocycles. The molecule has 0 aliphatic carbocycles. The molecule has 1 N–H and O–H groups in total. The van der Waals surface area contributed by atoms with Gasteiger partial charge in [0.15, 0.2) is 0 Å². The number of rotatable bonds is 3. The maximum atomic E-state index is 13.7. The van der Waals surface area contributed by atoms with Gasteiger partial charge in [0.1, 0.15) is 5.82 Å². The summed E-state index contributed by atoms with van der Waals surface area (Å²) < 4.78 is 13.7. The lowest BCUT2D eigenvalue weighted by Crippen LogP contribution is -2.19. The second kappa shape index (κ2) is 5.54. The van der Waals surface area contributed by atoms with Crippen LogP contribution in [0.1, 0.15) is 33.9 Å². The van der Waals surface area contributed by atoms with Gasteiger partial charge < -0.3 is 5.32 Å². The summed E-state index contributed by atoms with van der Waals surface area (Å²) in [5.41, 5.74) is 5.27. The number of aryl methyl sites for hydroxylation is 3. The van der Waals surface area contributed by atoms with Crippen molar-refractivity contribution in [1.82, 2.24) is 5.32 Å². The minimum atomic E-state index is -0.150. The second-order valence-electron chi connectivity index (χ2n) is 5.09. The average molecular weight is 257 g/mol. The Labute approximate surface area is 114 Å². The largest absolute Gasteiger partial charge is 0.309 e. The Bertz CT molecular complexity index is 590. The van der Waals surface area contributed by atoms with Crippen LogP contribution in [0.5, 0.6) is 0 Å². The van der Waals surface area contributed by atoms with Crippen molar-refractivity contribution in [1.29, 1.82) is 0 Å². The van der Waals surface area contributed by atoms with Crippen molar-refractivity contribution >= 4 is 0 Å². The molecule has 2 heteroatoms. The van der Waals surface area contributed by atoms with Crippen LogP contribution >= 0.6 is 0 Å². The molecule has 2 rings (SSSR count). The van der Waals surface area contributed by atoms with Gasteiger partial charge in [-0.1, -0.05) is 35.9 Å². The van der Waals surface area contributed by atoms with Crippen LogP contribution in [0, 0.1) is 26.6 Å². The number of nitrogens with one attached hydrogen (secondary N) is 1. The minimum Gasteiger partial charge on any atom is -0.309 e. The van der Waals surface area contributed by atoms with Crippen LogP contribution < -0.4 is 5.32 Å². The molecule has 0 aliphatic heterocycles. The van der Waals surface area contributed by atoms with Crippen LogP contribution in [-0.4, -0.2) is 7.05 Å². The Morgan fingerprint density at radius 2 is 1.63 bits per heavy atom. The molecule has 0 radical (unpaired) electrons. The molecule has 1 atom stereocenters. The molecule has 0 spiro atoms.